The number of rotatable bonds is 3. The lowest BCUT2D eigenvalue weighted by Crippen LogP contribution is -2.54. The number of likely N-dealkylation sites (tertiary alicyclic amines) is 1. The molecule has 1 aromatic rings. The summed E-state index contributed by atoms with van der Waals surface area (Å²) in [7, 11) is 0. The number of piperazine rings is 1. The highest BCUT2D eigenvalue weighted by Crippen LogP contribution is 2.20. The molecule has 25 heavy (non-hydrogen) atoms. The summed E-state index contributed by atoms with van der Waals surface area (Å²) in [6.45, 7) is 9.86. The Hall–Kier alpha value is -1.93. The van der Waals surface area contributed by atoms with E-state index in [9.17, 15) is 14.7 Å². The number of aliphatic hydroxyl groups excluding tert-OH is 1. The number of carbonyl (C=O) groups is 2. The molecule has 2 fully saturated rings. The molecular weight excluding hydrogens is 322 g/mol. The zero-order valence-electron chi connectivity index (χ0n) is 15.2. The topological polar surface area (TPSA) is 81.9 Å². The first-order chi connectivity index (χ1) is 11.9. The minimum absolute atomic E-state index is 0.0765. The number of hydrogen-bond donors (Lipinski definition) is 1. The molecular formula is C17H27N5O3. The summed E-state index contributed by atoms with van der Waals surface area (Å²) >= 11 is 0. The van der Waals surface area contributed by atoms with E-state index in [1.54, 1.807) is 22.6 Å². The molecule has 2 amide bonds. The number of hydrogen-bond acceptors (Lipinski definition) is 5. The molecule has 0 saturated carbocycles. The molecule has 3 rings (SSSR count). The fourth-order valence-electron chi connectivity index (χ4n) is 3.76. The fourth-order valence-corrected chi connectivity index (χ4v) is 3.76. The molecule has 138 valence electrons. The Bertz CT molecular complexity index is 651. The summed E-state index contributed by atoms with van der Waals surface area (Å²) < 4.78 is 1.80. The van der Waals surface area contributed by atoms with E-state index in [-0.39, 0.29) is 17.9 Å². The largest absolute Gasteiger partial charge is 0.390 e. The molecule has 2 atom stereocenters. The zero-order valence-corrected chi connectivity index (χ0v) is 15.2. The lowest BCUT2D eigenvalue weighted by molar-refractivity contribution is -0.131. The van der Waals surface area contributed by atoms with E-state index in [1.807, 2.05) is 18.7 Å². The van der Waals surface area contributed by atoms with Crippen LogP contribution in [-0.4, -0.2) is 92.8 Å². The maximum Gasteiger partial charge on any atom is 0.274 e. The summed E-state index contributed by atoms with van der Waals surface area (Å²) in [5.41, 5.74) is 1.40. The van der Waals surface area contributed by atoms with Gasteiger partial charge in [0.15, 0.2) is 5.69 Å². The summed E-state index contributed by atoms with van der Waals surface area (Å²) in [6.07, 6.45) is -0.567. The Labute approximate surface area is 148 Å². The number of aromatic nitrogens is 2. The van der Waals surface area contributed by atoms with Gasteiger partial charge in [-0.15, -0.1) is 0 Å². The van der Waals surface area contributed by atoms with Crippen molar-refractivity contribution in [3.05, 3.63) is 17.5 Å². The van der Waals surface area contributed by atoms with Gasteiger partial charge in [-0.3, -0.25) is 19.2 Å². The molecule has 0 aliphatic carbocycles. The molecule has 0 spiro atoms. The lowest BCUT2D eigenvalue weighted by Gasteiger charge is -2.38. The Morgan fingerprint density at radius 2 is 1.88 bits per heavy atom. The van der Waals surface area contributed by atoms with Crippen LogP contribution in [0.4, 0.5) is 0 Å². The van der Waals surface area contributed by atoms with Crippen molar-refractivity contribution in [2.75, 3.05) is 39.3 Å². The van der Waals surface area contributed by atoms with Crippen molar-refractivity contribution in [2.24, 2.45) is 0 Å². The summed E-state index contributed by atoms with van der Waals surface area (Å²) in [5, 5.41) is 14.8. The van der Waals surface area contributed by atoms with E-state index in [0.29, 0.717) is 31.9 Å². The first-order valence-corrected chi connectivity index (χ1v) is 8.92. The van der Waals surface area contributed by atoms with Gasteiger partial charge in [0.05, 0.1) is 12.1 Å². The van der Waals surface area contributed by atoms with Gasteiger partial charge in [-0.25, -0.2) is 0 Å². The molecule has 2 saturated heterocycles. The van der Waals surface area contributed by atoms with Gasteiger partial charge in [-0.05, 0) is 19.9 Å². The van der Waals surface area contributed by atoms with Gasteiger partial charge in [0, 0.05) is 58.4 Å². The molecule has 2 aliphatic heterocycles. The smallest absolute Gasteiger partial charge is 0.274 e. The van der Waals surface area contributed by atoms with Gasteiger partial charge in [0.25, 0.3) is 5.91 Å². The monoisotopic (exact) mass is 349 g/mol. The van der Waals surface area contributed by atoms with Crippen molar-refractivity contribution >= 4 is 11.8 Å². The van der Waals surface area contributed by atoms with Crippen LogP contribution in [0, 0.1) is 6.92 Å². The minimum Gasteiger partial charge on any atom is -0.390 e. The Morgan fingerprint density at radius 1 is 1.20 bits per heavy atom. The molecule has 0 bridgehead atoms. The Morgan fingerprint density at radius 3 is 2.44 bits per heavy atom. The van der Waals surface area contributed by atoms with Gasteiger partial charge in [0.1, 0.15) is 0 Å². The van der Waals surface area contributed by atoms with Gasteiger partial charge in [-0.1, -0.05) is 0 Å². The van der Waals surface area contributed by atoms with E-state index in [1.165, 1.54) is 0 Å². The number of β-amino-alcohol motifs (C(OH)–C–C–N with tert-alkyl or cyclic N) is 1. The van der Waals surface area contributed by atoms with Crippen LogP contribution in [0.3, 0.4) is 0 Å². The van der Waals surface area contributed by atoms with E-state index >= 15 is 0 Å². The second-order valence-corrected chi connectivity index (χ2v) is 6.87. The number of aryl methyl sites for hydroxylation is 2. The standard InChI is InChI=1S/C17H27N5O3/c1-4-22-12(2)9-14(18-22)17(25)21-10-15(16(24)11-21)20-7-5-19(6-8-20)13(3)23/h9,15-16,24H,4-8,10-11H2,1-3H3/t15-,16-/m1/s1. The van der Waals surface area contributed by atoms with Crippen molar-refractivity contribution in [1.82, 2.24) is 24.5 Å². The van der Waals surface area contributed by atoms with Gasteiger partial charge >= 0.3 is 0 Å². The third kappa shape index (κ3) is 3.55. The fraction of sp³-hybridized carbons (Fsp3) is 0.706. The van der Waals surface area contributed by atoms with Crippen molar-refractivity contribution in [1.29, 1.82) is 0 Å². The number of carbonyl (C=O) groups excluding carboxylic acids is 2. The number of nitrogens with zero attached hydrogens (tertiary/aromatic N) is 5. The van der Waals surface area contributed by atoms with Crippen LogP contribution in [0.25, 0.3) is 0 Å². The number of aliphatic hydroxyl groups is 1. The normalized spacial score (nSPS) is 24.8. The van der Waals surface area contributed by atoms with Crippen LogP contribution in [0.1, 0.15) is 30.0 Å². The molecule has 3 heterocycles. The van der Waals surface area contributed by atoms with Crippen LogP contribution in [0.2, 0.25) is 0 Å². The van der Waals surface area contributed by atoms with Gasteiger partial charge in [0.2, 0.25) is 5.91 Å². The van der Waals surface area contributed by atoms with Crippen molar-refractivity contribution < 1.29 is 14.7 Å². The van der Waals surface area contributed by atoms with Crippen LogP contribution < -0.4 is 0 Å². The molecule has 1 N–H and O–H groups in total. The van der Waals surface area contributed by atoms with Crippen LogP contribution in [0.15, 0.2) is 6.07 Å². The maximum atomic E-state index is 12.7. The molecule has 8 heteroatoms. The van der Waals surface area contributed by atoms with E-state index in [4.69, 9.17) is 0 Å². The maximum absolute atomic E-state index is 12.7. The lowest BCUT2D eigenvalue weighted by atomic mass is 10.1. The predicted octanol–water partition coefficient (Wildman–Crippen LogP) is -0.439. The average Bonchev–Trinajstić information content (AvgIpc) is 3.17. The second-order valence-electron chi connectivity index (χ2n) is 6.87. The summed E-state index contributed by atoms with van der Waals surface area (Å²) in [4.78, 5) is 29.8. The van der Waals surface area contributed by atoms with Crippen molar-refractivity contribution in [2.45, 2.75) is 39.5 Å². The highest BCUT2D eigenvalue weighted by Gasteiger charge is 2.39. The van der Waals surface area contributed by atoms with Crippen molar-refractivity contribution in [3.8, 4) is 0 Å². The average molecular weight is 349 g/mol. The highest BCUT2D eigenvalue weighted by molar-refractivity contribution is 5.92. The van der Waals surface area contributed by atoms with Crippen molar-refractivity contribution in [3.63, 3.8) is 0 Å². The first-order valence-electron chi connectivity index (χ1n) is 8.92. The second kappa shape index (κ2) is 7.13. The third-order valence-corrected chi connectivity index (χ3v) is 5.27. The predicted molar refractivity (Wildman–Crippen MR) is 92.2 cm³/mol. The molecule has 8 nitrogen and oxygen atoms in total. The first kappa shape index (κ1) is 17.9. The summed E-state index contributed by atoms with van der Waals surface area (Å²) in [5.74, 6) is -0.0375. The van der Waals surface area contributed by atoms with Gasteiger partial charge < -0.3 is 14.9 Å². The van der Waals surface area contributed by atoms with Crippen LogP contribution in [0.5, 0.6) is 0 Å². The Kier molecular flexibility index (Phi) is 5.10. The van der Waals surface area contributed by atoms with Gasteiger partial charge in [-0.2, -0.15) is 5.10 Å². The third-order valence-electron chi connectivity index (χ3n) is 5.27. The zero-order chi connectivity index (χ0) is 18.1. The molecule has 1 aromatic heterocycles. The SMILES string of the molecule is CCn1nc(C(=O)N2C[C@@H](O)[C@H](N3CCN(C(C)=O)CC3)C2)cc1C. The van der Waals surface area contributed by atoms with Crippen LogP contribution >= 0.6 is 0 Å². The highest BCUT2D eigenvalue weighted by atomic mass is 16.3. The van der Waals surface area contributed by atoms with E-state index < -0.39 is 6.10 Å². The van der Waals surface area contributed by atoms with E-state index in [2.05, 4.69) is 10.00 Å². The van der Waals surface area contributed by atoms with Crippen LogP contribution in [-0.2, 0) is 11.3 Å². The summed E-state index contributed by atoms with van der Waals surface area (Å²) in [6, 6.07) is 1.73. The minimum atomic E-state index is -0.567. The number of amides is 2. The molecule has 2 aliphatic rings. The quantitative estimate of drug-likeness (QED) is 0.800. The molecule has 0 unspecified atom stereocenters. The molecule has 0 aromatic carbocycles. The molecule has 0 radical (unpaired) electrons. The Balaban J connectivity index is 1.63. The van der Waals surface area contributed by atoms with E-state index in [0.717, 1.165) is 25.3 Å².